The summed E-state index contributed by atoms with van der Waals surface area (Å²) in [6, 6.07) is 0. The van der Waals surface area contributed by atoms with Gasteiger partial charge in [0.2, 0.25) is 0 Å². The average molecular weight is 238 g/mol. The largest absolute Gasteiger partial charge is 0.394 e. The molecule has 5 N–H and O–H groups in total. The SMILES string of the molecule is C[C@@H]1O[C@@H](OC(CO)CO)[C@@H](O)[C@H](O)[C@@H]1O. The summed E-state index contributed by atoms with van der Waals surface area (Å²) in [4.78, 5) is 0. The van der Waals surface area contributed by atoms with Gasteiger partial charge in [-0.3, -0.25) is 0 Å². The number of hydrogen-bond acceptors (Lipinski definition) is 7. The number of aliphatic hydroxyl groups is 5. The van der Waals surface area contributed by atoms with Crippen molar-refractivity contribution in [2.45, 2.75) is 43.7 Å². The van der Waals surface area contributed by atoms with Crippen LogP contribution in [0.4, 0.5) is 0 Å². The molecule has 1 fully saturated rings. The summed E-state index contributed by atoms with van der Waals surface area (Å²) >= 11 is 0. The molecule has 1 aliphatic rings. The standard InChI is InChI=1S/C9H18O7/c1-4-6(12)7(13)8(14)9(15-4)16-5(2-10)3-11/h4-14H,2-3H2,1H3/t4-,6+,7+,8-,9-/m0/s1. The van der Waals surface area contributed by atoms with Gasteiger partial charge in [0.25, 0.3) is 0 Å². The van der Waals surface area contributed by atoms with Gasteiger partial charge >= 0.3 is 0 Å². The maximum atomic E-state index is 9.54. The van der Waals surface area contributed by atoms with E-state index in [2.05, 4.69) is 0 Å². The number of rotatable bonds is 4. The molecule has 1 rings (SSSR count). The molecule has 7 nitrogen and oxygen atoms in total. The fourth-order valence-electron chi connectivity index (χ4n) is 1.46. The molecular formula is C9H18O7. The van der Waals surface area contributed by atoms with Gasteiger partial charge in [-0.25, -0.2) is 0 Å². The molecule has 0 aromatic carbocycles. The molecule has 0 bridgehead atoms. The maximum absolute atomic E-state index is 9.54. The van der Waals surface area contributed by atoms with E-state index in [-0.39, 0.29) is 0 Å². The molecule has 0 saturated carbocycles. The first-order chi connectivity index (χ1) is 7.51. The monoisotopic (exact) mass is 238 g/mol. The lowest BCUT2D eigenvalue weighted by Gasteiger charge is -2.39. The summed E-state index contributed by atoms with van der Waals surface area (Å²) in [5.41, 5.74) is 0. The molecule has 0 unspecified atom stereocenters. The third-order valence-electron chi connectivity index (χ3n) is 2.54. The second-order valence-electron chi connectivity index (χ2n) is 3.80. The van der Waals surface area contributed by atoms with Gasteiger partial charge in [-0.1, -0.05) is 0 Å². The Hall–Kier alpha value is -0.280. The summed E-state index contributed by atoms with van der Waals surface area (Å²) in [6.07, 6.45) is -6.79. The summed E-state index contributed by atoms with van der Waals surface area (Å²) in [6.45, 7) is 0.648. The van der Waals surface area contributed by atoms with Crippen molar-refractivity contribution in [2.24, 2.45) is 0 Å². The van der Waals surface area contributed by atoms with Gasteiger partial charge in [0.05, 0.1) is 19.3 Å². The minimum absolute atomic E-state index is 0.434. The van der Waals surface area contributed by atoms with Crippen LogP contribution in [0.25, 0.3) is 0 Å². The van der Waals surface area contributed by atoms with Crippen molar-refractivity contribution in [3.05, 3.63) is 0 Å². The topological polar surface area (TPSA) is 120 Å². The van der Waals surface area contributed by atoms with Crippen LogP contribution in [0, 0.1) is 0 Å². The zero-order valence-corrected chi connectivity index (χ0v) is 8.93. The van der Waals surface area contributed by atoms with E-state index >= 15 is 0 Å². The first-order valence-corrected chi connectivity index (χ1v) is 5.08. The van der Waals surface area contributed by atoms with Crippen LogP contribution in [0.3, 0.4) is 0 Å². The Labute approximate surface area is 92.9 Å². The fraction of sp³-hybridized carbons (Fsp3) is 1.00. The molecule has 0 aliphatic carbocycles. The van der Waals surface area contributed by atoms with Crippen molar-refractivity contribution in [1.29, 1.82) is 0 Å². The lowest BCUT2D eigenvalue weighted by Crippen LogP contribution is -2.58. The number of hydrogen-bond donors (Lipinski definition) is 5. The summed E-state index contributed by atoms with van der Waals surface area (Å²) in [5, 5.41) is 46.0. The minimum Gasteiger partial charge on any atom is -0.394 e. The molecule has 1 heterocycles. The predicted octanol–water partition coefficient (Wildman–Crippen LogP) is -2.82. The fourth-order valence-corrected chi connectivity index (χ4v) is 1.46. The molecule has 0 aromatic heterocycles. The van der Waals surface area contributed by atoms with E-state index in [9.17, 15) is 15.3 Å². The number of ether oxygens (including phenoxy) is 2. The van der Waals surface area contributed by atoms with Crippen LogP contribution in [0.5, 0.6) is 0 Å². The third kappa shape index (κ3) is 2.89. The Morgan fingerprint density at radius 2 is 1.62 bits per heavy atom. The maximum Gasteiger partial charge on any atom is 0.187 e. The molecule has 16 heavy (non-hydrogen) atoms. The van der Waals surface area contributed by atoms with Gasteiger partial charge in [0.1, 0.15) is 24.4 Å². The van der Waals surface area contributed by atoms with E-state index in [1.807, 2.05) is 0 Å². The Kier molecular flexibility index (Phi) is 5.06. The van der Waals surface area contributed by atoms with Crippen molar-refractivity contribution in [3.8, 4) is 0 Å². The van der Waals surface area contributed by atoms with Gasteiger partial charge in [-0.2, -0.15) is 0 Å². The second kappa shape index (κ2) is 5.87. The molecule has 0 spiro atoms. The molecule has 5 atom stereocenters. The van der Waals surface area contributed by atoms with Gasteiger partial charge in [-0.05, 0) is 6.92 Å². The molecule has 96 valence electrons. The minimum atomic E-state index is -1.42. The van der Waals surface area contributed by atoms with Gasteiger partial charge in [0.15, 0.2) is 6.29 Å². The Bertz CT molecular complexity index is 208. The molecule has 7 heteroatoms. The van der Waals surface area contributed by atoms with Crippen molar-refractivity contribution in [2.75, 3.05) is 13.2 Å². The first kappa shape index (κ1) is 13.8. The van der Waals surface area contributed by atoms with Gasteiger partial charge < -0.3 is 35.0 Å². The lowest BCUT2D eigenvalue weighted by molar-refractivity contribution is -0.308. The molecule has 0 amide bonds. The quantitative estimate of drug-likeness (QED) is 0.358. The number of aliphatic hydroxyl groups excluding tert-OH is 5. The molecule has 1 saturated heterocycles. The van der Waals surface area contributed by atoms with E-state index in [1.165, 1.54) is 6.92 Å². The van der Waals surface area contributed by atoms with E-state index in [1.54, 1.807) is 0 Å². The van der Waals surface area contributed by atoms with Crippen molar-refractivity contribution in [3.63, 3.8) is 0 Å². The molecule has 0 radical (unpaired) electrons. The Morgan fingerprint density at radius 3 is 2.12 bits per heavy atom. The summed E-state index contributed by atoms with van der Waals surface area (Å²) in [5.74, 6) is 0. The second-order valence-corrected chi connectivity index (χ2v) is 3.80. The first-order valence-electron chi connectivity index (χ1n) is 5.08. The van der Waals surface area contributed by atoms with E-state index in [0.29, 0.717) is 0 Å². The summed E-state index contributed by atoms with van der Waals surface area (Å²) in [7, 11) is 0. The smallest absolute Gasteiger partial charge is 0.187 e. The van der Waals surface area contributed by atoms with Crippen LogP contribution < -0.4 is 0 Å². The van der Waals surface area contributed by atoms with Crippen molar-refractivity contribution in [1.82, 2.24) is 0 Å². The lowest BCUT2D eigenvalue weighted by atomic mass is 10.00. The van der Waals surface area contributed by atoms with Crippen LogP contribution in [0.15, 0.2) is 0 Å². The van der Waals surface area contributed by atoms with Gasteiger partial charge in [0, 0.05) is 0 Å². The zero-order valence-electron chi connectivity index (χ0n) is 8.93. The van der Waals surface area contributed by atoms with E-state index < -0.39 is 50.0 Å². The van der Waals surface area contributed by atoms with Crippen LogP contribution in [0.2, 0.25) is 0 Å². The average Bonchev–Trinajstić information content (AvgIpc) is 2.29. The highest BCUT2D eigenvalue weighted by Gasteiger charge is 2.43. The normalized spacial score (nSPS) is 40.3. The van der Waals surface area contributed by atoms with Crippen molar-refractivity contribution < 1.29 is 35.0 Å². The highest BCUT2D eigenvalue weighted by atomic mass is 16.7. The highest BCUT2D eigenvalue weighted by Crippen LogP contribution is 2.22. The van der Waals surface area contributed by atoms with Crippen LogP contribution >= 0.6 is 0 Å². The van der Waals surface area contributed by atoms with Gasteiger partial charge in [-0.15, -0.1) is 0 Å². The highest BCUT2D eigenvalue weighted by molar-refractivity contribution is 4.87. The predicted molar refractivity (Wildman–Crippen MR) is 51.4 cm³/mol. The zero-order chi connectivity index (χ0) is 12.3. The van der Waals surface area contributed by atoms with E-state index in [0.717, 1.165) is 0 Å². The van der Waals surface area contributed by atoms with E-state index in [4.69, 9.17) is 19.7 Å². The van der Waals surface area contributed by atoms with Crippen LogP contribution in [-0.4, -0.2) is 75.6 Å². The Morgan fingerprint density at radius 1 is 1.06 bits per heavy atom. The van der Waals surface area contributed by atoms with Crippen LogP contribution in [0.1, 0.15) is 6.92 Å². The summed E-state index contributed by atoms with van der Waals surface area (Å²) < 4.78 is 10.2. The third-order valence-corrected chi connectivity index (χ3v) is 2.54. The molecule has 1 aliphatic heterocycles. The molecular weight excluding hydrogens is 220 g/mol. The van der Waals surface area contributed by atoms with Crippen LogP contribution in [-0.2, 0) is 9.47 Å². The molecule has 0 aromatic rings. The van der Waals surface area contributed by atoms with Crippen molar-refractivity contribution >= 4 is 0 Å². The Balaban J connectivity index is 2.59.